The molecule has 1 aliphatic carbocycles. The van der Waals surface area contributed by atoms with Gasteiger partial charge in [0.2, 0.25) is 11.7 Å². The van der Waals surface area contributed by atoms with E-state index in [1.54, 1.807) is 25.3 Å². The van der Waals surface area contributed by atoms with Crippen LogP contribution in [-0.2, 0) is 14.4 Å². The highest BCUT2D eigenvalue weighted by Gasteiger charge is 2.35. The van der Waals surface area contributed by atoms with Crippen LogP contribution in [0.25, 0.3) is 10.9 Å². The van der Waals surface area contributed by atoms with Gasteiger partial charge in [-0.25, -0.2) is 4.79 Å². The minimum absolute atomic E-state index is 0.0317. The number of aromatic amines is 1. The van der Waals surface area contributed by atoms with Crippen LogP contribution in [0.1, 0.15) is 43.6 Å². The fourth-order valence-electron chi connectivity index (χ4n) is 4.54. The number of fused-ring (bicyclic) bond motifs is 1. The minimum Gasteiger partial charge on any atom is -0.496 e. The van der Waals surface area contributed by atoms with Crippen LogP contribution in [0.4, 0.5) is 4.79 Å². The van der Waals surface area contributed by atoms with Crippen LogP contribution in [0.2, 0.25) is 0 Å². The number of hydrogen-bond acceptors (Lipinski definition) is 6. The second-order valence-corrected chi connectivity index (χ2v) is 10.5. The van der Waals surface area contributed by atoms with Crippen LogP contribution in [0, 0.1) is 11.8 Å². The third-order valence-corrected chi connectivity index (χ3v) is 6.87. The number of H-pyrrole nitrogens is 1. The van der Waals surface area contributed by atoms with Crippen LogP contribution in [0.3, 0.4) is 0 Å². The fourth-order valence-corrected chi connectivity index (χ4v) is 4.54. The van der Waals surface area contributed by atoms with Crippen molar-refractivity contribution in [1.82, 2.24) is 31.2 Å². The van der Waals surface area contributed by atoms with E-state index < -0.39 is 35.6 Å². The molecule has 12 heteroatoms. The lowest BCUT2D eigenvalue weighted by atomic mass is 10.0. The molecule has 39 heavy (non-hydrogen) atoms. The number of ketones is 1. The molecule has 5 N–H and O–H groups in total. The number of carbonyl (C=O) groups excluding carboxylic acids is 5. The SMILES string of the molecule is COc1cccc2[nH]c(C(=O)NC(CC(C)C)C(=O)NC(CN3CCNC3=O)C(=O)C(=O)NCC3CC3)cc12. The molecule has 2 aliphatic rings. The van der Waals surface area contributed by atoms with Crippen molar-refractivity contribution in [2.24, 2.45) is 11.8 Å². The maximum Gasteiger partial charge on any atom is 0.317 e. The third-order valence-electron chi connectivity index (χ3n) is 6.87. The number of hydrogen-bond donors (Lipinski definition) is 5. The zero-order valence-corrected chi connectivity index (χ0v) is 22.5. The van der Waals surface area contributed by atoms with Gasteiger partial charge in [-0.15, -0.1) is 0 Å². The number of nitrogens with zero attached hydrogens (tertiary/aromatic N) is 1. The van der Waals surface area contributed by atoms with E-state index in [-0.39, 0.29) is 24.2 Å². The lowest BCUT2D eigenvalue weighted by molar-refractivity contribution is -0.140. The molecular weight excluding hydrogens is 504 g/mol. The van der Waals surface area contributed by atoms with Crippen molar-refractivity contribution in [2.45, 2.75) is 45.2 Å². The molecule has 5 amide bonds. The van der Waals surface area contributed by atoms with Gasteiger partial charge >= 0.3 is 6.03 Å². The summed E-state index contributed by atoms with van der Waals surface area (Å²) in [5.41, 5.74) is 0.952. The summed E-state index contributed by atoms with van der Waals surface area (Å²) in [7, 11) is 1.54. The summed E-state index contributed by atoms with van der Waals surface area (Å²) in [5.74, 6) is -1.74. The van der Waals surface area contributed by atoms with Crippen LogP contribution in [-0.4, -0.2) is 84.8 Å². The van der Waals surface area contributed by atoms with Gasteiger partial charge in [0.1, 0.15) is 23.5 Å². The largest absolute Gasteiger partial charge is 0.496 e. The van der Waals surface area contributed by atoms with Gasteiger partial charge in [-0.3, -0.25) is 19.2 Å². The Hall–Kier alpha value is -4.09. The van der Waals surface area contributed by atoms with Gasteiger partial charge in [0, 0.05) is 30.5 Å². The molecule has 2 aromatic rings. The summed E-state index contributed by atoms with van der Waals surface area (Å²) in [4.78, 5) is 68.8. The van der Waals surface area contributed by atoms with Crippen molar-refractivity contribution in [1.29, 1.82) is 0 Å². The molecule has 2 fully saturated rings. The minimum atomic E-state index is -1.26. The molecule has 0 radical (unpaired) electrons. The van der Waals surface area contributed by atoms with Gasteiger partial charge in [0.15, 0.2) is 0 Å². The highest BCUT2D eigenvalue weighted by Crippen LogP contribution is 2.27. The van der Waals surface area contributed by atoms with E-state index in [9.17, 15) is 24.0 Å². The first-order chi connectivity index (χ1) is 18.7. The number of urea groups is 1. The predicted molar refractivity (Wildman–Crippen MR) is 143 cm³/mol. The quantitative estimate of drug-likeness (QED) is 0.238. The highest BCUT2D eigenvalue weighted by atomic mass is 16.5. The van der Waals surface area contributed by atoms with Crippen LogP contribution in [0.15, 0.2) is 24.3 Å². The average molecular weight is 541 g/mol. The standard InChI is InChI=1S/C27H36N6O6/c1-15(2)11-19(31-25(36)20-12-17-18(30-20)5-4-6-22(17)39-3)24(35)32-21(14-33-10-9-28-27(33)38)23(34)26(37)29-13-16-7-8-16/h4-6,12,15-16,19,21,30H,7-11,13-14H2,1-3H3,(H,28,38)(H,29,37)(H,31,36)(H,32,35). The smallest absolute Gasteiger partial charge is 0.317 e. The Morgan fingerprint density at radius 1 is 1.13 bits per heavy atom. The van der Waals surface area contributed by atoms with E-state index in [1.165, 1.54) is 4.90 Å². The van der Waals surface area contributed by atoms with Gasteiger partial charge in [-0.2, -0.15) is 0 Å². The molecule has 2 unspecified atom stereocenters. The van der Waals surface area contributed by atoms with Crippen molar-refractivity contribution in [3.63, 3.8) is 0 Å². The summed E-state index contributed by atoms with van der Waals surface area (Å²) in [5, 5.41) is 11.4. The molecule has 1 aromatic carbocycles. The number of Topliss-reactive ketones (excluding diaryl/α,β-unsaturated/α-hetero) is 1. The Morgan fingerprint density at radius 3 is 2.54 bits per heavy atom. The molecule has 2 heterocycles. The first-order valence-electron chi connectivity index (χ1n) is 13.3. The molecule has 1 aromatic heterocycles. The number of aromatic nitrogens is 1. The Bertz CT molecular complexity index is 1250. The van der Waals surface area contributed by atoms with E-state index in [4.69, 9.17) is 4.74 Å². The van der Waals surface area contributed by atoms with Crippen molar-refractivity contribution in [2.75, 3.05) is 33.3 Å². The number of ether oxygens (including phenoxy) is 1. The van der Waals surface area contributed by atoms with Crippen molar-refractivity contribution in [3.8, 4) is 5.75 Å². The van der Waals surface area contributed by atoms with Crippen molar-refractivity contribution >= 4 is 40.4 Å². The predicted octanol–water partition coefficient (Wildman–Crippen LogP) is 0.926. The normalized spacial score (nSPS) is 16.5. The third kappa shape index (κ3) is 7.06. The molecule has 210 valence electrons. The summed E-state index contributed by atoms with van der Waals surface area (Å²) in [6, 6.07) is 4.43. The maximum atomic E-state index is 13.4. The van der Waals surface area contributed by atoms with Crippen molar-refractivity contribution < 1.29 is 28.7 Å². The molecule has 0 spiro atoms. The van der Waals surface area contributed by atoms with Crippen LogP contribution in [0.5, 0.6) is 5.75 Å². The second kappa shape index (κ2) is 12.2. The second-order valence-electron chi connectivity index (χ2n) is 10.5. The topological polar surface area (TPSA) is 162 Å². The van der Waals surface area contributed by atoms with E-state index in [2.05, 4.69) is 26.3 Å². The lowest BCUT2D eigenvalue weighted by Gasteiger charge is -2.26. The molecule has 0 bridgehead atoms. The van der Waals surface area contributed by atoms with E-state index >= 15 is 0 Å². The average Bonchev–Trinajstić information content (AvgIpc) is 3.49. The van der Waals surface area contributed by atoms with E-state index in [0.29, 0.717) is 43.2 Å². The zero-order chi connectivity index (χ0) is 28.1. The van der Waals surface area contributed by atoms with Gasteiger partial charge < -0.3 is 35.9 Å². The van der Waals surface area contributed by atoms with Crippen LogP contribution >= 0.6 is 0 Å². The Morgan fingerprint density at radius 2 is 1.90 bits per heavy atom. The number of benzene rings is 1. The monoisotopic (exact) mass is 540 g/mol. The van der Waals surface area contributed by atoms with E-state index in [1.807, 2.05) is 19.9 Å². The summed E-state index contributed by atoms with van der Waals surface area (Å²) >= 11 is 0. The van der Waals surface area contributed by atoms with Gasteiger partial charge in [-0.1, -0.05) is 19.9 Å². The van der Waals surface area contributed by atoms with Gasteiger partial charge in [-0.05, 0) is 49.3 Å². The molecule has 1 aliphatic heterocycles. The van der Waals surface area contributed by atoms with Crippen LogP contribution < -0.4 is 26.0 Å². The van der Waals surface area contributed by atoms with Gasteiger partial charge in [0.25, 0.3) is 11.8 Å². The molecular formula is C27H36N6O6. The number of carbonyl (C=O) groups is 5. The van der Waals surface area contributed by atoms with E-state index in [0.717, 1.165) is 18.2 Å². The summed E-state index contributed by atoms with van der Waals surface area (Å²) in [6.07, 6.45) is 2.30. The fraction of sp³-hybridized carbons (Fsp3) is 0.519. The molecule has 1 saturated heterocycles. The Labute approximate surface area is 226 Å². The summed E-state index contributed by atoms with van der Waals surface area (Å²) in [6.45, 7) is 4.81. The molecule has 1 saturated carbocycles. The molecule has 4 rings (SSSR count). The number of rotatable bonds is 13. The maximum absolute atomic E-state index is 13.4. The number of nitrogens with one attached hydrogen (secondary N) is 5. The van der Waals surface area contributed by atoms with Crippen molar-refractivity contribution in [3.05, 3.63) is 30.0 Å². The lowest BCUT2D eigenvalue weighted by Crippen LogP contribution is -2.57. The Kier molecular flexibility index (Phi) is 8.72. The summed E-state index contributed by atoms with van der Waals surface area (Å²) < 4.78 is 5.36. The Balaban J connectivity index is 1.49. The number of amides is 5. The first kappa shape index (κ1) is 27.9. The zero-order valence-electron chi connectivity index (χ0n) is 22.5. The highest BCUT2D eigenvalue weighted by molar-refractivity contribution is 6.38. The molecule has 12 nitrogen and oxygen atoms in total. The molecule has 2 atom stereocenters. The van der Waals surface area contributed by atoms with Gasteiger partial charge in [0.05, 0.1) is 13.7 Å². The number of methoxy groups -OCH3 is 1. The first-order valence-corrected chi connectivity index (χ1v) is 13.3.